The number of carbonyl (C=O) groups is 1. The molecule has 2 atom stereocenters. The van der Waals surface area contributed by atoms with E-state index in [2.05, 4.69) is 16.0 Å². The molecule has 4 nitrogen and oxygen atoms in total. The lowest BCUT2D eigenvalue weighted by atomic mass is 9.81. The van der Waals surface area contributed by atoms with Crippen LogP contribution in [0.15, 0.2) is 0 Å². The van der Waals surface area contributed by atoms with Crippen molar-refractivity contribution in [2.75, 3.05) is 26.2 Å². The van der Waals surface area contributed by atoms with E-state index < -0.39 is 0 Å². The van der Waals surface area contributed by atoms with Gasteiger partial charge in [0.05, 0.1) is 5.54 Å². The average Bonchev–Trinajstić information content (AvgIpc) is 2.45. The van der Waals surface area contributed by atoms with Crippen LogP contribution < -0.4 is 16.0 Å². The third kappa shape index (κ3) is 1.56. The third-order valence-corrected chi connectivity index (χ3v) is 3.18. The summed E-state index contributed by atoms with van der Waals surface area (Å²) in [4.78, 5) is 11.1. The van der Waals surface area contributed by atoms with E-state index in [9.17, 15) is 4.79 Å². The quantitative estimate of drug-likeness (QED) is 0.492. The van der Waals surface area contributed by atoms with Gasteiger partial charge in [-0.15, -0.1) is 0 Å². The second-order valence-electron chi connectivity index (χ2n) is 4.12. The summed E-state index contributed by atoms with van der Waals surface area (Å²) in [5.74, 6) is 0.653. The third-order valence-electron chi connectivity index (χ3n) is 3.18. The molecule has 0 bridgehead atoms. The first kappa shape index (κ1) is 8.97. The average molecular weight is 183 g/mol. The fourth-order valence-electron chi connectivity index (χ4n) is 2.52. The number of hydrogen-bond donors (Lipinski definition) is 3. The lowest BCUT2D eigenvalue weighted by Crippen LogP contribution is -2.60. The molecular formula is C9H17N3O. The van der Waals surface area contributed by atoms with E-state index in [1.807, 2.05) is 0 Å². The Balaban J connectivity index is 2.11. The number of hydrogen-bond acceptors (Lipinski definition) is 3. The Kier molecular flexibility index (Phi) is 2.26. The van der Waals surface area contributed by atoms with Gasteiger partial charge in [-0.1, -0.05) is 0 Å². The molecule has 2 saturated heterocycles. The highest BCUT2D eigenvalue weighted by atomic mass is 16.1. The molecule has 2 heterocycles. The second kappa shape index (κ2) is 3.27. The zero-order valence-electron chi connectivity index (χ0n) is 8.02. The molecule has 1 amide bonds. The predicted molar refractivity (Wildman–Crippen MR) is 50.4 cm³/mol. The van der Waals surface area contributed by atoms with Crippen LogP contribution in [0.4, 0.5) is 0 Å². The highest BCUT2D eigenvalue weighted by Crippen LogP contribution is 2.27. The van der Waals surface area contributed by atoms with Crippen molar-refractivity contribution in [3.8, 4) is 0 Å². The molecule has 2 aliphatic rings. The van der Waals surface area contributed by atoms with Gasteiger partial charge < -0.3 is 16.0 Å². The molecule has 0 aromatic carbocycles. The van der Waals surface area contributed by atoms with Crippen molar-refractivity contribution in [3.63, 3.8) is 0 Å². The van der Waals surface area contributed by atoms with Gasteiger partial charge in [0.25, 0.3) is 0 Å². The maximum absolute atomic E-state index is 11.1. The van der Waals surface area contributed by atoms with Crippen LogP contribution in [0.25, 0.3) is 0 Å². The normalized spacial score (nSPS) is 38.4. The predicted octanol–water partition coefficient (Wildman–Crippen LogP) is -0.926. The summed E-state index contributed by atoms with van der Waals surface area (Å²) in [5, 5.41) is 9.83. The van der Waals surface area contributed by atoms with E-state index in [1.165, 1.54) is 0 Å². The minimum atomic E-state index is 0.0388. The summed E-state index contributed by atoms with van der Waals surface area (Å²) in [6.07, 6.45) is 1.05. The van der Waals surface area contributed by atoms with Crippen LogP contribution in [0.5, 0.6) is 0 Å². The summed E-state index contributed by atoms with van der Waals surface area (Å²) in [5.41, 5.74) is 0.0388. The Hall–Kier alpha value is -0.610. The number of nitrogens with one attached hydrogen (secondary N) is 3. The molecule has 2 rings (SSSR count). The highest BCUT2D eigenvalue weighted by molar-refractivity contribution is 5.74. The summed E-state index contributed by atoms with van der Waals surface area (Å²) >= 11 is 0. The summed E-state index contributed by atoms with van der Waals surface area (Å²) in [7, 11) is 0. The van der Waals surface area contributed by atoms with E-state index in [-0.39, 0.29) is 11.4 Å². The van der Waals surface area contributed by atoms with Gasteiger partial charge in [0.15, 0.2) is 0 Å². The van der Waals surface area contributed by atoms with E-state index in [1.54, 1.807) is 6.92 Å². The number of fused-ring (bicyclic) bond motifs is 1. The maximum atomic E-state index is 11.1. The Morgan fingerprint density at radius 3 is 3.00 bits per heavy atom. The maximum Gasteiger partial charge on any atom is 0.217 e. The van der Waals surface area contributed by atoms with Crippen molar-refractivity contribution in [2.24, 2.45) is 5.92 Å². The molecule has 0 saturated carbocycles. The topological polar surface area (TPSA) is 53.2 Å². The monoisotopic (exact) mass is 183 g/mol. The summed E-state index contributed by atoms with van der Waals surface area (Å²) in [6, 6.07) is 0. The van der Waals surface area contributed by atoms with Crippen LogP contribution in [0.2, 0.25) is 0 Å². The summed E-state index contributed by atoms with van der Waals surface area (Å²) in [6.45, 7) is 5.59. The zero-order valence-corrected chi connectivity index (χ0v) is 8.02. The second-order valence-corrected chi connectivity index (χ2v) is 4.12. The molecule has 0 aromatic heterocycles. The Bertz CT molecular complexity index is 219. The van der Waals surface area contributed by atoms with Crippen LogP contribution >= 0.6 is 0 Å². The van der Waals surface area contributed by atoms with Crippen LogP contribution in [-0.4, -0.2) is 37.6 Å². The van der Waals surface area contributed by atoms with Gasteiger partial charge in [-0.05, 0) is 13.0 Å². The number of rotatable bonds is 1. The fourth-order valence-corrected chi connectivity index (χ4v) is 2.52. The minimum absolute atomic E-state index is 0.0388. The van der Waals surface area contributed by atoms with Gasteiger partial charge in [-0.25, -0.2) is 0 Å². The first-order valence-corrected chi connectivity index (χ1v) is 4.93. The first-order valence-electron chi connectivity index (χ1n) is 4.93. The Morgan fingerprint density at radius 2 is 2.23 bits per heavy atom. The largest absolute Gasteiger partial charge is 0.349 e. The smallest absolute Gasteiger partial charge is 0.217 e. The van der Waals surface area contributed by atoms with Crippen LogP contribution in [0, 0.1) is 5.92 Å². The van der Waals surface area contributed by atoms with Gasteiger partial charge in [0.2, 0.25) is 5.91 Å². The lowest BCUT2D eigenvalue weighted by Gasteiger charge is -2.39. The van der Waals surface area contributed by atoms with Crippen LogP contribution in [-0.2, 0) is 4.79 Å². The standard InChI is InChI=1S/C9H17N3O/c1-7(13)12-9-2-3-10-4-8(9)5-11-6-9/h8,10-11H,2-6H2,1H3,(H,12,13)/t8?,9-/m1/s1. The zero-order chi connectivity index (χ0) is 9.31. The molecule has 0 radical (unpaired) electrons. The number of piperidine rings is 1. The lowest BCUT2D eigenvalue weighted by molar-refractivity contribution is -0.121. The van der Waals surface area contributed by atoms with E-state index >= 15 is 0 Å². The molecule has 0 aromatic rings. The van der Waals surface area contributed by atoms with Crippen molar-refractivity contribution >= 4 is 5.91 Å². The molecule has 74 valence electrons. The van der Waals surface area contributed by atoms with Gasteiger partial charge in [0.1, 0.15) is 0 Å². The van der Waals surface area contributed by atoms with Crippen molar-refractivity contribution < 1.29 is 4.79 Å². The molecule has 3 N–H and O–H groups in total. The van der Waals surface area contributed by atoms with Gasteiger partial charge >= 0.3 is 0 Å². The van der Waals surface area contributed by atoms with Crippen molar-refractivity contribution in [1.82, 2.24) is 16.0 Å². The van der Waals surface area contributed by atoms with Gasteiger partial charge in [-0.3, -0.25) is 4.79 Å². The molecule has 1 unspecified atom stereocenters. The molecule has 2 aliphatic heterocycles. The highest BCUT2D eigenvalue weighted by Gasteiger charge is 2.44. The first-order chi connectivity index (χ1) is 6.23. The van der Waals surface area contributed by atoms with E-state index in [0.717, 1.165) is 32.6 Å². The Labute approximate surface area is 78.5 Å². The SMILES string of the molecule is CC(=O)N[C@@]12CCNCC1CNC2. The minimum Gasteiger partial charge on any atom is -0.349 e. The van der Waals surface area contributed by atoms with Crippen LogP contribution in [0.3, 0.4) is 0 Å². The fraction of sp³-hybridized carbons (Fsp3) is 0.889. The van der Waals surface area contributed by atoms with E-state index in [0.29, 0.717) is 5.92 Å². The molecule has 2 fully saturated rings. The number of amides is 1. The molecule has 0 spiro atoms. The van der Waals surface area contributed by atoms with Crippen molar-refractivity contribution in [2.45, 2.75) is 18.9 Å². The summed E-state index contributed by atoms with van der Waals surface area (Å²) < 4.78 is 0. The number of carbonyl (C=O) groups excluding carboxylic acids is 1. The molecule has 13 heavy (non-hydrogen) atoms. The Morgan fingerprint density at radius 1 is 1.46 bits per heavy atom. The molecular weight excluding hydrogens is 166 g/mol. The molecule has 4 heteroatoms. The van der Waals surface area contributed by atoms with Gasteiger partial charge in [0, 0.05) is 32.5 Å². The van der Waals surface area contributed by atoms with Crippen molar-refractivity contribution in [3.05, 3.63) is 0 Å². The molecule has 0 aliphatic carbocycles. The van der Waals surface area contributed by atoms with E-state index in [4.69, 9.17) is 0 Å². The van der Waals surface area contributed by atoms with Crippen LogP contribution in [0.1, 0.15) is 13.3 Å². The van der Waals surface area contributed by atoms with Gasteiger partial charge in [-0.2, -0.15) is 0 Å². The van der Waals surface area contributed by atoms with Crippen molar-refractivity contribution in [1.29, 1.82) is 0 Å².